The Morgan fingerprint density at radius 1 is 1.13 bits per heavy atom. The minimum atomic E-state index is 0.0474. The zero-order valence-electron chi connectivity index (χ0n) is 13.8. The normalized spacial score (nSPS) is 20.4. The Morgan fingerprint density at radius 2 is 1.83 bits per heavy atom. The van der Waals surface area contributed by atoms with E-state index in [1.165, 1.54) is 50.0 Å². The van der Waals surface area contributed by atoms with Gasteiger partial charge in [-0.25, -0.2) is 4.98 Å². The molecule has 0 saturated heterocycles. The third-order valence-corrected chi connectivity index (χ3v) is 6.53. The molecular weight excluding hydrogens is 306 g/mol. The van der Waals surface area contributed by atoms with E-state index in [2.05, 4.69) is 10.3 Å². The minimum Gasteiger partial charge on any atom is -0.348 e. The Bertz CT molecular complexity index is 705. The van der Waals surface area contributed by atoms with E-state index in [0.29, 0.717) is 17.7 Å². The summed E-state index contributed by atoms with van der Waals surface area (Å²) in [5.41, 5.74) is 2.67. The molecule has 2 N–H and O–H groups in total. The SMILES string of the molecule is Cc1c(C(=O)NC2CCCCCCC2)[nH]c2nc(C3CC3)sc12. The van der Waals surface area contributed by atoms with Gasteiger partial charge < -0.3 is 10.3 Å². The van der Waals surface area contributed by atoms with Crippen LogP contribution in [0.25, 0.3) is 10.3 Å². The maximum atomic E-state index is 12.7. The smallest absolute Gasteiger partial charge is 0.268 e. The van der Waals surface area contributed by atoms with Gasteiger partial charge in [0.15, 0.2) is 0 Å². The standard InChI is InChI=1S/C18H25N3OS/c1-11-14(17(22)19-13-7-5-3-2-4-6-8-13)20-16-15(11)23-18(21-16)12-9-10-12/h12-13,20H,2-10H2,1H3,(H,19,22). The number of aromatic nitrogens is 2. The Morgan fingerprint density at radius 3 is 2.48 bits per heavy atom. The van der Waals surface area contributed by atoms with Crippen LogP contribution < -0.4 is 5.32 Å². The van der Waals surface area contributed by atoms with Gasteiger partial charge in [0.25, 0.3) is 5.91 Å². The summed E-state index contributed by atoms with van der Waals surface area (Å²) in [6, 6.07) is 0.332. The van der Waals surface area contributed by atoms with Crippen LogP contribution in [0.3, 0.4) is 0 Å². The lowest BCUT2D eigenvalue weighted by molar-refractivity contribution is 0.0925. The third kappa shape index (κ3) is 3.16. The van der Waals surface area contributed by atoms with E-state index in [0.717, 1.165) is 28.8 Å². The molecule has 2 aliphatic rings. The molecular formula is C18H25N3OS. The van der Waals surface area contributed by atoms with Crippen molar-refractivity contribution in [3.05, 3.63) is 16.3 Å². The number of hydrogen-bond donors (Lipinski definition) is 2. The Balaban J connectivity index is 1.49. The molecule has 0 atom stereocenters. The van der Waals surface area contributed by atoms with Crippen LogP contribution in [0.1, 0.15) is 84.8 Å². The molecule has 23 heavy (non-hydrogen) atoms. The van der Waals surface area contributed by atoms with E-state index in [1.54, 1.807) is 11.3 Å². The molecule has 5 heteroatoms. The lowest BCUT2D eigenvalue weighted by atomic mass is 9.96. The predicted molar refractivity (Wildman–Crippen MR) is 94.3 cm³/mol. The molecule has 124 valence electrons. The van der Waals surface area contributed by atoms with E-state index in [1.807, 2.05) is 6.92 Å². The van der Waals surface area contributed by atoms with Crippen molar-refractivity contribution in [2.24, 2.45) is 0 Å². The monoisotopic (exact) mass is 331 g/mol. The number of amides is 1. The third-order valence-electron chi connectivity index (χ3n) is 5.20. The number of carbonyl (C=O) groups is 1. The summed E-state index contributed by atoms with van der Waals surface area (Å²) in [4.78, 5) is 20.6. The average molecular weight is 331 g/mol. The number of nitrogens with one attached hydrogen (secondary N) is 2. The van der Waals surface area contributed by atoms with Gasteiger partial charge in [0, 0.05) is 12.0 Å². The molecule has 0 bridgehead atoms. The minimum absolute atomic E-state index is 0.0474. The van der Waals surface area contributed by atoms with Gasteiger partial charge in [-0.1, -0.05) is 32.1 Å². The van der Waals surface area contributed by atoms with Gasteiger partial charge in [-0.2, -0.15) is 0 Å². The largest absolute Gasteiger partial charge is 0.348 e. The fraction of sp³-hybridized carbons (Fsp3) is 0.667. The number of hydrogen-bond acceptors (Lipinski definition) is 3. The van der Waals surface area contributed by atoms with Crippen molar-refractivity contribution < 1.29 is 4.79 Å². The molecule has 0 aromatic carbocycles. The molecule has 2 aliphatic carbocycles. The maximum Gasteiger partial charge on any atom is 0.268 e. The first-order valence-electron chi connectivity index (χ1n) is 9.02. The topological polar surface area (TPSA) is 57.8 Å². The number of rotatable bonds is 3. The second-order valence-electron chi connectivity index (χ2n) is 7.14. The van der Waals surface area contributed by atoms with Crippen molar-refractivity contribution in [2.45, 2.75) is 76.7 Å². The molecule has 0 unspecified atom stereocenters. The zero-order valence-corrected chi connectivity index (χ0v) is 14.6. The number of aryl methyl sites for hydroxylation is 1. The van der Waals surface area contributed by atoms with Gasteiger partial charge in [0.1, 0.15) is 11.3 Å². The second kappa shape index (κ2) is 6.27. The Hall–Kier alpha value is -1.36. The van der Waals surface area contributed by atoms with Crippen LogP contribution >= 0.6 is 11.3 Å². The van der Waals surface area contributed by atoms with Crippen LogP contribution in [0.15, 0.2) is 0 Å². The quantitative estimate of drug-likeness (QED) is 0.860. The Kier molecular flexibility index (Phi) is 4.14. The second-order valence-corrected chi connectivity index (χ2v) is 8.18. The predicted octanol–water partition coefficient (Wildman–Crippen LogP) is 4.65. The lowest BCUT2D eigenvalue weighted by Gasteiger charge is -2.20. The first-order chi connectivity index (χ1) is 11.2. The number of H-pyrrole nitrogens is 1. The van der Waals surface area contributed by atoms with E-state index < -0.39 is 0 Å². The Labute approximate surface area is 141 Å². The molecule has 0 spiro atoms. The van der Waals surface area contributed by atoms with Crippen molar-refractivity contribution in [3.8, 4) is 0 Å². The van der Waals surface area contributed by atoms with Gasteiger partial charge in [-0.05, 0) is 38.2 Å². The highest BCUT2D eigenvalue weighted by Gasteiger charge is 2.29. The fourth-order valence-corrected chi connectivity index (χ4v) is 4.79. The van der Waals surface area contributed by atoms with Gasteiger partial charge in [-0.3, -0.25) is 4.79 Å². The fourth-order valence-electron chi connectivity index (χ4n) is 3.59. The van der Waals surface area contributed by atoms with E-state index in [9.17, 15) is 4.79 Å². The number of carbonyl (C=O) groups excluding carboxylic acids is 1. The molecule has 2 heterocycles. The summed E-state index contributed by atoms with van der Waals surface area (Å²) in [5.74, 6) is 0.721. The summed E-state index contributed by atoms with van der Waals surface area (Å²) >= 11 is 1.76. The molecule has 1 amide bonds. The molecule has 2 aromatic heterocycles. The van der Waals surface area contributed by atoms with Crippen molar-refractivity contribution in [1.29, 1.82) is 0 Å². The molecule has 2 aromatic rings. The highest BCUT2D eigenvalue weighted by atomic mass is 32.1. The van der Waals surface area contributed by atoms with Gasteiger partial charge >= 0.3 is 0 Å². The van der Waals surface area contributed by atoms with Crippen molar-refractivity contribution in [1.82, 2.24) is 15.3 Å². The van der Waals surface area contributed by atoms with Crippen LogP contribution in [-0.2, 0) is 0 Å². The summed E-state index contributed by atoms with van der Waals surface area (Å²) in [5, 5.41) is 4.49. The molecule has 0 radical (unpaired) electrons. The van der Waals surface area contributed by atoms with Crippen LogP contribution in [0.5, 0.6) is 0 Å². The first kappa shape index (κ1) is 15.2. The number of nitrogens with zero attached hydrogens (tertiary/aromatic N) is 1. The summed E-state index contributed by atoms with van der Waals surface area (Å²) in [7, 11) is 0. The van der Waals surface area contributed by atoms with E-state index in [-0.39, 0.29) is 5.91 Å². The lowest BCUT2D eigenvalue weighted by Crippen LogP contribution is -2.35. The van der Waals surface area contributed by atoms with Crippen LogP contribution in [0.2, 0.25) is 0 Å². The van der Waals surface area contributed by atoms with Gasteiger partial charge in [0.2, 0.25) is 0 Å². The van der Waals surface area contributed by atoms with Crippen LogP contribution in [-0.4, -0.2) is 21.9 Å². The van der Waals surface area contributed by atoms with Crippen LogP contribution in [0, 0.1) is 6.92 Å². The van der Waals surface area contributed by atoms with E-state index in [4.69, 9.17) is 4.98 Å². The maximum absolute atomic E-state index is 12.7. The molecule has 4 nitrogen and oxygen atoms in total. The van der Waals surface area contributed by atoms with Crippen molar-refractivity contribution >= 4 is 27.6 Å². The molecule has 4 rings (SSSR count). The highest BCUT2D eigenvalue weighted by molar-refractivity contribution is 7.18. The highest BCUT2D eigenvalue weighted by Crippen LogP contribution is 2.44. The van der Waals surface area contributed by atoms with Gasteiger partial charge in [-0.15, -0.1) is 11.3 Å². The summed E-state index contributed by atoms with van der Waals surface area (Å²) < 4.78 is 1.16. The van der Waals surface area contributed by atoms with Crippen LogP contribution in [0.4, 0.5) is 0 Å². The van der Waals surface area contributed by atoms with Crippen molar-refractivity contribution in [3.63, 3.8) is 0 Å². The molecule has 2 fully saturated rings. The summed E-state index contributed by atoms with van der Waals surface area (Å²) in [6.07, 6.45) is 11.2. The number of aromatic amines is 1. The zero-order chi connectivity index (χ0) is 15.8. The number of fused-ring (bicyclic) bond motifs is 1. The van der Waals surface area contributed by atoms with Crippen molar-refractivity contribution in [2.75, 3.05) is 0 Å². The van der Waals surface area contributed by atoms with E-state index >= 15 is 0 Å². The summed E-state index contributed by atoms with van der Waals surface area (Å²) in [6.45, 7) is 2.04. The average Bonchev–Trinajstić information content (AvgIpc) is 3.19. The van der Waals surface area contributed by atoms with Gasteiger partial charge in [0.05, 0.1) is 9.71 Å². The molecule has 0 aliphatic heterocycles. The molecule has 2 saturated carbocycles. The number of thiazole rings is 1. The first-order valence-corrected chi connectivity index (χ1v) is 9.84.